The number of hydrogen-bond donors (Lipinski definition) is 1. The molecule has 0 spiro atoms. The Hall–Kier alpha value is -2.66. The number of anilines is 1. The summed E-state index contributed by atoms with van der Waals surface area (Å²) in [5.74, 6) is -2.02. The minimum atomic E-state index is -3.81. The highest BCUT2D eigenvalue weighted by Gasteiger charge is 2.31. The second-order valence-electron chi connectivity index (χ2n) is 8.60. The topological polar surface area (TPSA) is 99.9 Å². The van der Waals surface area contributed by atoms with E-state index in [4.69, 9.17) is 23.2 Å². The van der Waals surface area contributed by atoms with Crippen LogP contribution in [0.1, 0.15) is 29.2 Å². The molecule has 1 aromatic heterocycles. The van der Waals surface area contributed by atoms with Gasteiger partial charge in [-0.2, -0.15) is 4.31 Å². The van der Waals surface area contributed by atoms with Gasteiger partial charge >= 0.3 is 5.97 Å². The number of rotatable bonds is 5. The van der Waals surface area contributed by atoms with Gasteiger partial charge in [-0.05, 0) is 43.2 Å². The number of aromatic carboxylic acids is 1. The predicted molar refractivity (Wildman–Crippen MR) is 131 cm³/mol. The molecule has 1 saturated carbocycles. The number of piperazine rings is 1. The first-order valence-electron chi connectivity index (χ1n) is 10.9. The minimum Gasteiger partial charge on any atom is -0.477 e. The van der Waals surface area contributed by atoms with Crippen LogP contribution in [0, 0.1) is 5.82 Å². The number of carbonyl (C=O) groups is 1. The second-order valence-corrected chi connectivity index (χ2v) is 11.4. The van der Waals surface area contributed by atoms with Crippen molar-refractivity contribution < 1.29 is 22.7 Å². The van der Waals surface area contributed by atoms with Crippen LogP contribution in [0.25, 0.3) is 10.9 Å². The van der Waals surface area contributed by atoms with Crippen LogP contribution in [0.2, 0.25) is 10.0 Å². The molecule has 3 aromatic rings. The third-order valence-corrected chi connectivity index (χ3v) is 9.01. The van der Waals surface area contributed by atoms with Gasteiger partial charge in [0.15, 0.2) is 0 Å². The summed E-state index contributed by atoms with van der Waals surface area (Å²) in [6, 6.07) is 6.81. The maximum atomic E-state index is 15.1. The summed E-state index contributed by atoms with van der Waals surface area (Å²) in [7, 11) is -3.81. The molecule has 0 unspecified atom stereocenters. The molecule has 0 amide bonds. The monoisotopic (exact) mass is 539 g/mol. The van der Waals surface area contributed by atoms with Crippen molar-refractivity contribution in [3.05, 3.63) is 68.2 Å². The third-order valence-electron chi connectivity index (χ3n) is 6.38. The number of hydrogen-bond acceptors (Lipinski definition) is 5. The van der Waals surface area contributed by atoms with Crippen LogP contribution in [-0.2, 0) is 10.0 Å². The number of aromatic nitrogens is 1. The van der Waals surface area contributed by atoms with Crippen LogP contribution >= 0.6 is 23.2 Å². The molecule has 2 aliphatic rings. The number of nitrogens with zero attached hydrogens (tertiary/aromatic N) is 3. The van der Waals surface area contributed by atoms with Gasteiger partial charge in [-0.15, -0.1) is 0 Å². The molecular weight excluding hydrogens is 520 g/mol. The fraction of sp³-hybridized carbons (Fsp3) is 0.304. The van der Waals surface area contributed by atoms with Gasteiger partial charge in [0.05, 0.1) is 26.1 Å². The fourth-order valence-corrected chi connectivity index (χ4v) is 6.18. The molecule has 2 heterocycles. The first kappa shape index (κ1) is 24.1. The zero-order chi connectivity index (χ0) is 25.1. The van der Waals surface area contributed by atoms with Crippen molar-refractivity contribution in [3.63, 3.8) is 0 Å². The van der Waals surface area contributed by atoms with Crippen molar-refractivity contribution >= 4 is 55.8 Å². The van der Waals surface area contributed by atoms with E-state index in [0.29, 0.717) is 5.52 Å². The quantitative estimate of drug-likeness (QED) is 0.526. The van der Waals surface area contributed by atoms with Gasteiger partial charge in [0.2, 0.25) is 15.5 Å². The Morgan fingerprint density at radius 2 is 1.71 bits per heavy atom. The first-order chi connectivity index (χ1) is 16.6. The van der Waals surface area contributed by atoms with Gasteiger partial charge in [-0.3, -0.25) is 4.79 Å². The summed E-state index contributed by atoms with van der Waals surface area (Å²) in [6.45, 7) is 0.689. The molecule has 1 aliphatic heterocycles. The van der Waals surface area contributed by atoms with Crippen LogP contribution in [0.5, 0.6) is 0 Å². The zero-order valence-electron chi connectivity index (χ0n) is 18.2. The van der Waals surface area contributed by atoms with E-state index in [1.807, 2.05) is 0 Å². The molecule has 5 rings (SSSR count). The van der Waals surface area contributed by atoms with Crippen LogP contribution in [-0.4, -0.2) is 54.5 Å². The SMILES string of the molecule is O=C(O)c1cn(C2CC2)c2cc(N3CCN(S(=O)(=O)c4ccc(Cl)c(Cl)c4)CC3)c(F)cc2c1=O. The molecule has 35 heavy (non-hydrogen) atoms. The Bertz CT molecular complexity index is 1530. The number of benzene rings is 2. The lowest BCUT2D eigenvalue weighted by atomic mass is 10.1. The molecular formula is C23H20Cl2FN3O5S. The van der Waals surface area contributed by atoms with Crippen LogP contribution in [0.3, 0.4) is 0 Å². The van der Waals surface area contributed by atoms with Gasteiger partial charge < -0.3 is 14.6 Å². The van der Waals surface area contributed by atoms with E-state index >= 15 is 4.39 Å². The van der Waals surface area contributed by atoms with E-state index in [1.165, 1.54) is 28.7 Å². The van der Waals surface area contributed by atoms with Gasteiger partial charge in [-0.25, -0.2) is 17.6 Å². The van der Waals surface area contributed by atoms with Crippen LogP contribution < -0.4 is 10.3 Å². The van der Waals surface area contributed by atoms with Crippen LogP contribution in [0.15, 0.2) is 46.2 Å². The van der Waals surface area contributed by atoms with Crippen molar-refractivity contribution in [2.24, 2.45) is 0 Å². The number of fused-ring (bicyclic) bond motifs is 1. The zero-order valence-corrected chi connectivity index (χ0v) is 20.6. The summed E-state index contributed by atoms with van der Waals surface area (Å²) in [5.41, 5.74) is -0.421. The summed E-state index contributed by atoms with van der Waals surface area (Å²) in [5, 5.41) is 9.80. The molecule has 1 N–H and O–H groups in total. The summed E-state index contributed by atoms with van der Waals surface area (Å²) in [4.78, 5) is 26.0. The number of pyridine rings is 1. The molecule has 1 saturated heterocycles. The molecule has 2 fully saturated rings. The Kier molecular flexibility index (Phi) is 6.03. The van der Waals surface area contributed by atoms with Crippen molar-refractivity contribution in [3.8, 4) is 0 Å². The maximum absolute atomic E-state index is 15.1. The van der Waals surface area contributed by atoms with Crippen molar-refractivity contribution in [1.82, 2.24) is 8.87 Å². The number of carboxylic acids is 1. The second kappa shape index (κ2) is 8.77. The molecule has 2 aromatic carbocycles. The van der Waals surface area contributed by atoms with E-state index < -0.39 is 32.8 Å². The Morgan fingerprint density at radius 3 is 2.31 bits per heavy atom. The van der Waals surface area contributed by atoms with E-state index in [9.17, 15) is 23.1 Å². The largest absolute Gasteiger partial charge is 0.477 e. The van der Waals surface area contributed by atoms with E-state index in [-0.39, 0.29) is 58.2 Å². The highest BCUT2D eigenvalue weighted by atomic mass is 35.5. The van der Waals surface area contributed by atoms with Gasteiger partial charge in [0.25, 0.3) is 0 Å². The van der Waals surface area contributed by atoms with Crippen molar-refractivity contribution in [1.29, 1.82) is 0 Å². The Labute approximate surface area is 210 Å². The molecule has 1 aliphatic carbocycles. The lowest BCUT2D eigenvalue weighted by Crippen LogP contribution is -2.49. The third kappa shape index (κ3) is 4.29. The lowest BCUT2D eigenvalue weighted by molar-refractivity contribution is 0.0695. The Balaban J connectivity index is 1.45. The van der Waals surface area contributed by atoms with E-state index in [2.05, 4.69) is 0 Å². The Morgan fingerprint density at radius 1 is 1.03 bits per heavy atom. The number of sulfonamides is 1. The average molecular weight is 540 g/mol. The van der Waals surface area contributed by atoms with Crippen LogP contribution in [0.4, 0.5) is 10.1 Å². The molecule has 8 nitrogen and oxygen atoms in total. The van der Waals surface area contributed by atoms with E-state index in [1.54, 1.807) is 15.5 Å². The summed E-state index contributed by atoms with van der Waals surface area (Å²) >= 11 is 11.9. The highest BCUT2D eigenvalue weighted by Crippen LogP contribution is 2.38. The smallest absolute Gasteiger partial charge is 0.341 e. The molecule has 184 valence electrons. The molecule has 0 bridgehead atoms. The number of carboxylic acid groups (broad SMARTS) is 1. The standard InChI is InChI=1S/C23H20Cl2FN3O5S/c24-17-4-3-14(9-18(17)25)35(33,34)28-7-5-27(6-8-28)21-11-20-15(10-19(21)26)22(30)16(23(31)32)12-29(20)13-1-2-13/h3-4,9-13H,1-2,5-8H2,(H,31,32). The first-order valence-corrected chi connectivity index (χ1v) is 13.1. The lowest BCUT2D eigenvalue weighted by Gasteiger charge is -2.35. The average Bonchev–Trinajstić information content (AvgIpc) is 3.66. The minimum absolute atomic E-state index is 0.0129. The molecule has 0 atom stereocenters. The van der Waals surface area contributed by atoms with Gasteiger partial charge in [0, 0.05) is 43.8 Å². The summed E-state index contributed by atoms with van der Waals surface area (Å²) in [6.07, 6.45) is 3.01. The van der Waals surface area contributed by atoms with Crippen molar-refractivity contribution in [2.75, 3.05) is 31.1 Å². The normalized spacial score (nSPS) is 17.2. The number of halogens is 3. The summed E-state index contributed by atoms with van der Waals surface area (Å²) < 4.78 is 44.2. The molecule has 12 heteroatoms. The van der Waals surface area contributed by atoms with Crippen molar-refractivity contribution in [2.45, 2.75) is 23.8 Å². The van der Waals surface area contributed by atoms with Gasteiger partial charge in [-0.1, -0.05) is 23.2 Å². The van der Waals surface area contributed by atoms with E-state index in [0.717, 1.165) is 18.9 Å². The molecule has 0 radical (unpaired) electrons. The maximum Gasteiger partial charge on any atom is 0.341 e. The highest BCUT2D eigenvalue weighted by molar-refractivity contribution is 7.89. The van der Waals surface area contributed by atoms with Gasteiger partial charge in [0.1, 0.15) is 11.4 Å². The predicted octanol–water partition coefficient (Wildman–Crippen LogP) is 3.99. The fourth-order valence-electron chi connectivity index (χ4n) is 4.36.